The van der Waals surface area contributed by atoms with Gasteiger partial charge in [-0.2, -0.15) is 0 Å². The van der Waals surface area contributed by atoms with Gasteiger partial charge in [0.25, 0.3) is 5.69 Å². The van der Waals surface area contributed by atoms with Crippen molar-refractivity contribution in [2.24, 2.45) is 11.8 Å². The van der Waals surface area contributed by atoms with E-state index in [0.29, 0.717) is 17.6 Å². The molecule has 0 unspecified atom stereocenters. The van der Waals surface area contributed by atoms with Crippen LogP contribution in [0.3, 0.4) is 0 Å². The van der Waals surface area contributed by atoms with Gasteiger partial charge in [0.1, 0.15) is 5.69 Å². The molecule has 1 fully saturated rings. The Bertz CT molecular complexity index is 412. The summed E-state index contributed by atoms with van der Waals surface area (Å²) in [6, 6.07) is 7.24. The standard InChI is InChI=1S/C13H18N2O2/c1-9(2)10-7-11(8-10)14-12-5-3-4-6-13(12)15(16)17/h3-6,9-11,14H,7-8H2,1-2H3. The fraction of sp³-hybridized carbons (Fsp3) is 0.538. The highest BCUT2D eigenvalue weighted by Gasteiger charge is 2.32. The highest BCUT2D eigenvalue weighted by molar-refractivity contribution is 5.61. The molecule has 4 heteroatoms. The molecule has 0 radical (unpaired) electrons. The van der Waals surface area contributed by atoms with E-state index in [-0.39, 0.29) is 10.6 Å². The molecule has 1 aromatic carbocycles. The van der Waals surface area contributed by atoms with Gasteiger partial charge >= 0.3 is 0 Å². The molecule has 0 bridgehead atoms. The van der Waals surface area contributed by atoms with E-state index < -0.39 is 0 Å². The molecule has 1 aromatic rings. The number of nitrogens with zero attached hydrogens (tertiary/aromatic N) is 1. The third-order valence-corrected chi connectivity index (χ3v) is 3.58. The number of nitro groups is 1. The van der Waals surface area contributed by atoms with Gasteiger partial charge in [-0.15, -0.1) is 0 Å². The summed E-state index contributed by atoms with van der Waals surface area (Å²) in [6.45, 7) is 4.46. The van der Waals surface area contributed by atoms with Crippen LogP contribution in [0.5, 0.6) is 0 Å². The Balaban J connectivity index is 1.99. The fourth-order valence-electron chi connectivity index (χ4n) is 2.30. The number of nitrogens with one attached hydrogen (secondary N) is 1. The number of benzene rings is 1. The summed E-state index contributed by atoms with van der Waals surface area (Å²) < 4.78 is 0. The van der Waals surface area contributed by atoms with Crippen LogP contribution >= 0.6 is 0 Å². The van der Waals surface area contributed by atoms with Crippen LogP contribution in [0.2, 0.25) is 0 Å². The largest absolute Gasteiger partial charge is 0.377 e. The van der Waals surface area contributed by atoms with E-state index >= 15 is 0 Å². The SMILES string of the molecule is CC(C)C1CC(Nc2ccccc2[N+](=O)[O-])C1. The molecule has 1 saturated carbocycles. The van der Waals surface area contributed by atoms with Crippen LogP contribution in [0.25, 0.3) is 0 Å². The molecule has 4 nitrogen and oxygen atoms in total. The molecule has 0 spiro atoms. The molecule has 17 heavy (non-hydrogen) atoms. The molecule has 1 aliphatic rings. The van der Waals surface area contributed by atoms with Gasteiger partial charge in [0.15, 0.2) is 0 Å². The van der Waals surface area contributed by atoms with E-state index in [1.54, 1.807) is 18.2 Å². The first-order chi connectivity index (χ1) is 8.08. The normalized spacial score (nSPS) is 23.2. The van der Waals surface area contributed by atoms with Crippen LogP contribution in [0.4, 0.5) is 11.4 Å². The van der Waals surface area contributed by atoms with Crippen molar-refractivity contribution in [2.45, 2.75) is 32.7 Å². The number of para-hydroxylation sites is 2. The molecule has 0 heterocycles. The summed E-state index contributed by atoms with van der Waals surface area (Å²) in [5.74, 6) is 1.47. The molecule has 92 valence electrons. The minimum Gasteiger partial charge on any atom is -0.377 e. The summed E-state index contributed by atoms with van der Waals surface area (Å²) in [7, 11) is 0. The Morgan fingerprint density at radius 2 is 2.00 bits per heavy atom. The number of nitro benzene ring substituents is 1. The monoisotopic (exact) mass is 234 g/mol. The average molecular weight is 234 g/mol. The van der Waals surface area contributed by atoms with Crippen molar-refractivity contribution >= 4 is 11.4 Å². The number of rotatable bonds is 4. The molecule has 1 N–H and O–H groups in total. The maximum atomic E-state index is 10.8. The second-order valence-electron chi connectivity index (χ2n) is 5.09. The van der Waals surface area contributed by atoms with Gasteiger partial charge in [-0.05, 0) is 30.7 Å². The Hall–Kier alpha value is -1.58. The third kappa shape index (κ3) is 2.57. The Kier molecular flexibility index (Phi) is 3.31. The topological polar surface area (TPSA) is 55.2 Å². The molecular weight excluding hydrogens is 216 g/mol. The van der Waals surface area contributed by atoms with E-state index in [4.69, 9.17) is 0 Å². The van der Waals surface area contributed by atoms with Crippen molar-refractivity contribution in [3.8, 4) is 0 Å². The third-order valence-electron chi connectivity index (χ3n) is 3.58. The van der Waals surface area contributed by atoms with Gasteiger partial charge in [-0.25, -0.2) is 0 Å². The van der Waals surface area contributed by atoms with Gasteiger partial charge in [-0.3, -0.25) is 10.1 Å². The molecule has 0 saturated heterocycles. The minimum atomic E-state index is -0.332. The Labute approximate surface area is 101 Å². The second kappa shape index (κ2) is 4.73. The predicted octanol–water partition coefficient (Wildman–Crippen LogP) is 3.44. The van der Waals surface area contributed by atoms with Gasteiger partial charge in [-0.1, -0.05) is 26.0 Å². The highest BCUT2D eigenvalue weighted by Crippen LogP contribution is 2.37. The van der Waals surface area contributed by atoms with E-state index in [0.717, 1.165) is 18.8 Å². The quantitative estimate of drug-likeness (QED) is 0.641. The van der Waals surface area contributed by atoms with Crippen molar-refractivity contribution in [3.05, 3.63) is 34.4 Å². The maximum absolute atomic E-state index is 10.8. The average Bonchev–Trinajstić information content (AvgIpc) is 2.22. The van der Waals surface area contributed by atoms with Crippen LogP contribution < -0.4 is 5.32 Å². The minimum absolute atomic E-state index is 0.167. The van der Waals surface area contributed by atoms with Crippen molar-refractivity contribution in [1.82, 2.24) is 0 Å². The lowest BCUT2D eigenvalue weighted by Gasteiger charge is -2.38. The van der Waals surface area contributed by atoms with Crippen LogP contribution in [0, 0.1) is 22.0 Å². The molecule has 0 aliphatic heterocycles. The maximum Gasteiger partial charge on any atom is 0.292 e. The van der Waals surface area contributed by atoms with Gasteiger partial charge in [0.05, 0.1) is 4.92 Å². The van der Waals surface area contributed by atoms with Crippen molar-refractivity contribution in [2.75, 3.05) is 5.32 Å². The second-order valence-corrected chi connectivity index (χ2v) is 5.09. The van der Waals surface area contributed by atoms with Gasteiger partial charge < -0.3 is 5.32 Å². The summed E-state index contributed by atoms with van der Waals surface area (Å²) in [5.41, 5.74) is 0.810. The van der Waals surface area contributed by atoms with Crippen molar-refractivity contribution in [1.29, 1.82) is 0 Å². The molecule has 0 aromatic heterocycles. The van der Waals surface area contributed by atoms with E-state index in [1.807, 2.05) is 6.07 Å². The summed E-state index contributed by atoms with van der Waals surface area (Å²) in [6.07, 6.45) is 2.23. The zero-order valence-corrected chi connectivity index (χ0v) is 10.2. The van der Waals surface area contributed by atoms with Crippen molar-refractivity contribution in [3.63, 3.8) is 0 Å². The first-order valence-corrected chi connectivity index (χ1v) is 6.08. The highest BCUT2D eigenvalue weighted by atomic mass is 16.6. The number of hydrogen-bond donors (Lipinski definition) is 1. The van der Waals surface area contributed by atoms with E-state index in [2.05, 4.69) is 19.2 Å². The molecular formula is C13H18N2O2. The first kappa shape index (κ1) is 11.9. The predicted molar refractivity (Wildman–Crippen MR) is 68.1 cm³/mol. The van der Waals surface area contributed by atoms with Crippen LogP contribution in [0.1, 0.15) is 26.7 Å². The molecule has 1 aliphatic carbocycles. The van der Waals surface area contributed by atoms with Crippen LogP contribution in [-0.2, 0) is 0 Å². The zero-order valence-electron chi connectivity index (χ0n) is 10.2. The smallest absolute Gasteiger partial charge is 0.292 e. The number of anilines is 1. The lowest BCUT2D eigenvalue weighted by molar-refractivity contribution is -0.384. The fourth-order valence-corrected chi connectivity index (χ4v) is 2.30. The lowest BCUT2D eigenvalue weighted by Crippen LogP contribution is -2.38. The zero-order chi connectivity index (χ0) is 12.4. The first-order valence-electron chi connectivity index (χ1n) is 6.08. The van der Waals surface area contributed by atoms with Crippen LogP contribution in [-0.4, -0.2) is 11.0 Å². The van der Waals surface area contributed by atoms with E-state index in [9.17, 15) is 10.1 Å². The van der Waals surface area contributed by atoms with E-state index in [1.165, 1.54) is 0 Å². The Morgan fingerprint density at radius 3 is 2.59 bits per heavy atom. The van der Waals surface area contributed by atoms with Gasteiger partial charge in [0, 0.05) is 12.1 Å². The Morgan fingerprint density at radius 1 is 1.35 bits per heavy atom. The summed E-state index contributed by atoms with van der Waals surface area (Å²) in [5, 5.41) is 14.1. The van der Waals surface area contributed by atoms with Gasteiger partial charge in [0.2, 0.25) is 0 Å². The molecule has 0 atom stereocenters. The summed E-state index contributed by atoms with van der Waals surface area (Å²) >= 11 is 0. The number of hydrogen-bond acceptors (Lipinski definition) is 3. The molecule has 2 rings (SSSR count). The molecule has 0 amide bonds. The van der Waals surface area contributed by atoms with Crippen molar-refractivity contribution < 1.29 is 4.92 Å². The lowest BCUT2D eigenvalue weighted by atomic mass is 9.73. The van der Waals surface area contributed by atoms with Crippen LogP contribution in [0.15, 0.2) is 24.3 Å². The summed E-state index contributed by atoms with van der Waals surface area (Å²) in [4.78, 5) is 10.5.